The average Bonchev–Trinajstić information content (AvgIpc) is 2.51. The van der Waals surface area contributed by atoms with E-state index in [1.54, 1.807) is 19.2 Å². The van der Waals surface area contributed by atoms with Crippen LogP contribution in [0.3, 0.4) is 0 Å². The summed E-state index contributed by atoms with van der Waals surface area (Å²) >= 11 is 0. The van der Waals surface area contributed by atoms with E-state index in [1.807, 2.05) is 48.5 Å². The highest BCUT2D eigenvalue weighted by molar-refractivity contribution is 5.21. The first-order valence-corrected chi connectivity index (χ1v) is 6.46. The molecule has 0 bridgehead atoms. The van der Waals surface area contributed by atoms with E-state index < -0.39 is 0 Å². The summed E-state index contributed by atoms with van der Waals surface area (Å²) in [5.41, 5.74) is 0. The Morgan fingerprint density at radius 3 is 1.55 bits per heavy atom. The van der Waals surface area contributed by atoms with Gasteiger partial charge in [0.2, 0.25) is 5.75 Å². The topological polar surface area (TPSA) is 22.8 Å². The van der Waals surface area contributed by atoms with Crippen LogP contribution in [0.1, 0.15) is 20.3 Å². The van der Waals surface area contributed by atoms with Crippen molar-refractivity contribution in [3.05, 3.63) is 72.2 Å². The van der Waals surface area contributed by atoms with Crippen molar-refractivity contribution in [2.24, 2.45) is 0 Å². The Labute approximate surface area is 121 Å². The van der Waals surface area contributed by atoms with Gasteiger partial charge in [0.1, 0.15) is 5.75 Å². The first-order chi connectivity index (χ1) is 9.78. The fourth-order valence-electron chi connectivity index (χ4n) is 1.09. The molecule has 0 aromatic heterocycles. The largest absolute Gasteiger partial charge is 0.497 e. The smallest absolute Gasteiger partial charge is 0.219 e. The van der Waals surface area contributed by atoms with Crippen molar-refractivity contribution < 1.29 is 9.57 Å². The second-order valence-corrected chi connectivity index (χ2v) is 3.72. The standard InChI is InChI=1S/C7H5NO.C7H8O.C3H8/c1-8-9-7-5-3-2-4-6-7;1-8-7-5-3-2-4-6-7;1-3-2/h2-6H;2-6H,1H3;3H2,1-2H3. The molecule has 0 saturated heterocycles. The molecule has 2 aromatic carbocycles. The third-order valence-corrected chi connectivity index (χ3v) is 1.87. The van der Waals surface area contributed by atoms with Gasteiger partial charge in [-0.3, -0.25) is 0 Å². The molecule has 0 atom stereocenters. The predicted octanol–water partition coefficient (Wildman–Crippen LogP) is 5.01. The maximum absolute atomic E-state index is 6.34. The normalized spacial score (nSPS) is 7.90. The molecule has 0 amide bonds. The Hall–Kier alpha value is -2.47. The summed E-state index contributed by atoms with van der Waals surface area (Å²) in [6, 6.07) is 18.7. The van der Waals surface area contributed by atoms with Gasteiger partial charge >= 0.3 is 0 Å². The molecule has 3 nitrogen and oxygen atoms in total. The van der Waals surface area contributed by atoms with Crippen LogP contribution in [0.15, 0.2) is 60.7 Å². The summed E-state index contributed by atoms with van der Waals surface area (Å²) < 4.78 is 4.91. The van der Waals surface area contributed by atoms with Gasteiger partial charge in [0, 0.05) is 0 Å². The lowest BCUT2D eigenvalue weighted by Crippen LogP contribution is -1.78. The van der Waals surface area contributed by atoms with Crippen molar-refractivity contribution >= 4 is 0 Å². The Kier molecular flexibility index (Phi) is 11.4. The molecular formula is C17H21NO2. The third kappa shape index (κ3) is 9.55. The number of hydrogen-bond donors (Lipinski definition) is 0. The van der Waals surface area contributed by atoms with Crippen LogP contribution < -0.4 is 9.57 Å². The summed E-state index contributed by atoms with van der Waals surface area (Å²) in [6.45, 7) is 10.6. The van der Waals surface area contributed by atoms with Crippen LogP contribution in [0, 0.1) is 6.57 Å². The Morgan fingerprint density at radius 2 is 1.25 bits per heavy atom. The highest BCUT2D eigenvalue weighted by Gasteiger charge is 1.89. The minimum atomic E-state index is 0.590. The quantitative estimate of drug-likeness (QED) is 0.566. The molecule has 0 saturated carbocycles. The van der Waals surface area contributed by atoms with Gasteiger partial charge in [0.15, 0.2) is 0 Å². The van der Waals surface area contributed by atoms with Gasteiger partial charge in [-0.05, 0) is 29.3 Å². The number of para-hydroxylation sites is 2. The number of ether oxygens (including phenoxy) is 1. The molecular weight excluding hydrogens is 250 g/mol. The van der Waals surface area contributed by atoms with Crippen LogP contribution in [0.25, 0.3) is 5.01 Å². The highest BCUT2D eigenvalue weighted by atomic mass is 16.6. The van der Waals surface area contributed by atoms with E-state index in [9.17, 15) is 0 Å². The van der Waals surface area contributed by atoms with E-state index in [0.717, 1.165) is 5.75 Å². The monoisotopic (exact) mass is 271 g/mol. The molecule has 2 rings (SSSR count). The van der Waals surface area contributed by atoms with Gasteiger partial charge in [-0.25, -0.2) is 0 Å². The van der Waals surface area contributed by atoms with Gasteiger partial charge in [0.05, 0.1) is 7.11 Å². The summed E-state index contributed by atoms with van der Waals surface area (Å²) in [7, 11) is 1.66. The fraction of sp³-hybridized carbons (Fsp3) is 0.235. The van der Waals surface area contributed by atoms with Crippen molar-refractivity contribution in [1.29, 1.82) is 0 Å². The Morgan fingerprint density at radius 1 is 0.850 bits per heavy atom. The predicted molar refractivity (Wildman–Crippen MR) is 82.6 cm³/mol. The lowest BCUT2D eigenvalue weighted by molar-refractivity contribution is 0.415. The SMILES string of the molecule is CCC.COc1ccccc1.[C-]#[N+]Oc1ccccc1. The lowest BCUT2D eigenvalue weighted by Gasteiger charge is -1.93. The molecule has 20 heavy (non-hydrogen) atoms. The maximum Gasteiger partial charge on any atom is 0.219 e. The van der Waals surface area contributed by atoms with Crippen LogP contribution >= 0.6 is 0 Å². The molecule has 0 aliphatic rings. The van der Waals surface area contributed by atoms with Crippen LogP contribution in [-0.2, 0) is 0 Å². The van der Waals surface area contributed by atoms with Crippen LogP contribution in [0.5, 0.6) is 11.5 Å². The number of methoxy groups -OCH3 is 1. The van der Waals surface area contributed by atoms with Gasteiger partial charge in [-0.2, -0.15) is 11.4 Å². The summed E-state index contributed by atoms with van der Waals surface area (Å²) in [5, 5.41) is 2.76. The van der Waals surface area contributed by atoms with Crippen LogP contribution in [0.2, 0.25) is 0 Å². The van der Waals surface area contributed by atoms with Gasteiger partial charge in [0.25, 0.3) is 0 Å². The van der Waals surface area contributed by atoms with Gasteiger partial charge in [-0.15, -0.1) is 0 Å². The first kappa shape index (κ1) is 17.5. The summed E-state index contributed by atoms with van der Waals surface area (Å²) in [6.07, 6.45) is 1.25. The summed E-state index contributed by atoms with van der Waals surface area (Å²) in [5.74, 6) is 1.50. The molecule has 0 unspecified atom stereocenters. The van der Waals surface area contributed by atoms with E-state index in [2.05, 4.69) is 23.7 Å². The van der Waals surface area contributed by atoms with E-state index in [1.165, 1.54) is 6.42 Å². The molecule has 2 aromatic rings. The Bertz CT molecular complexity index is 463. The second kappa shape index (κ2) is 13.0. The van der Waals surface area contributed by atoms with Crippen molar-refractivity contribution in [1.82, 2.24) is 0 Å². The van der Waals surface area contributed by atoms with Crippen molar-refractivity contribution in [2.75, 3.05) is 7.11 Å². The van der Waals surface area contributed by atoms with Crippen molar-refractivity contribution in [3.8, 4) is 11.5 Å². The van der Waals surface area contributed by atoms with Gasteiger partial charge in [-0.1, -0.05) is 56.7 Å². The van der Waals surface area contributed by atoms with E-state index >= 15 is 0 Å². The molecule has 0 N–H and O–H groups in total. The minimum absolute atomic E-state index is 0.590. The lowest BCUT2D eigenvalue weighted by atomic mass is 10.3. The summed E-state index contributed by atoms with van der Waals surface area (Å²) in [4.78, 5) is 4.50. The fourth-order valence-corrected chi connectivity index (χ4v) is 1.09. The van der Waals surface area contributed by atoms with Crippen LogP contribution in [-0.4, -0.2) is 7.11 Å². The molecule has 0 radical (unpaired) electrons. The zero-order chi connectivity index (χ0) is 15.1. The van der Waals surface area contributed by atoms with Gasteiger partial charge < -0.3 is 4.74 Å². The average molecular weight is 271 g/mol. The Balaban J connectivity index is 0.000000304. The first-order valence-electron chi connectivity index (χ1n) is 6.46. The molecule has 0 aliphatic heterocycles. The second-order valence-electron chi connectivity index (χ2n) is 3.72. The molecule has 0 aliphatic carbocycles. The highest BCUT2D eigenvalue weighted by Crippen LogP contribution is 2.07. The van der Waals surface area contributed by atoms with E-state index in [4.69, 9.17) is 11.3 Å². The van der Waals surface area contributed by atoms with E-state index in [0.29, 0.717) is 5.75 Å². The number of hydrogen-bond acceptors (Lipinski definition) is 2. The molecule has 3 heteroatoms. The van der Waals surface area contributed by atoms with Crippen molar-refractivity contribution in [2.45, 2.75) is 20.3 Å². The molecule has 0 fully saturated rings. The number of benzene rings is 2. The number of nitrogens with zero attached hydrogens (tertiary/aromatic N) is 1. The minimum Gasteiger partial charge on any atom is -0.497 e. The van der Waals surface area contributed by atoms with Crippen molar-refractivity contribution in [3.63, 3.8) is 0 Å². The van der Waals surface area contributed by atoms with E-state index in [-0.39, 0.29) is 0 Å². The zero-order valence-electron chi connectivity index (χ0n) is 12.2. The maximum atomic E-state index is 6.34. The third-order valence-electron chi connectivity index (χ3n) is 1.87. The zero-order valence-corrected chi connectivity index (χ0v) is 12.2. The number of rotatable bonds is 2. The molecule has 0 heterocycles. The molecule has 106 valence electrons. The molecule has 0 spiro atoms. The van der Waals surface area contributed by atoms with Crippen LogP contribution in [0.4, 0.5) is 0 Å².